The third kappa shape index (κ3) is 3.87. The largest absolute Gasteiger partial charge is 0.481 e. The van der Waals surface area contributed by atoms with Gasteiger partial charge in [0.05, 0.1) is 27.7 Å². The van der Waals surface area contributed by atoms with Crippen molar-refractivity contribution in [3.05, 3.63) is 70.5 Å². The van der Waals surface area contributed by atoms with Gasteiger partial charge in [-0.1, -0.05) is 23.7 Å². The van der Waals surface area contributed by atoms with Crippen LogP contribution in [0, 0.1) is 13.8 Å². The van der Waals surface area contributed by atoms with Crippen LogP contribution in [0.25, 0.3) is 42.9 Å². The Morgan fingerprint density at radius 3 is 2.41 bits per heavy atom. The smallest absolute Gasteiger partial charge is 0.307 e. The second-order valence-electron chi connectivity index (χ2n) is 8.82. The summed E-state index contributed by atoms with van der Waals surface area (Å²) in [6, 6.07) is 16.2. The molecular formula is C27H24ClN3O2S. The molecule has 0 fully saturated rings. The van der Waals surface area contributed by atoms with Gasteiger partial charge in [-0.25, -0.2) is 9.97 Å². The van der Waals surface area contributed by atoms with Crippen LogP contribution < -0.4 is 0 Å². The van der Waals surface area contributed by atoms with Gasteiger partial charge in [0.15, 0.2) is 0 Å². The maximum Gasteiger partial charge on any atom is 0.307 e. The molecule has 0 unspecified atom stereocenters. The predicted octanol–water partition coefficient (Wildman–Crippen LogP) is 7.46. The molecule has 5 rings (SSSR count). The Morgan fingerprint density at radius 2 is 1.74 bits per heavy atom. The average molecular weight is 490 g/mol. The summed E-state index contributed by atoms with van der Waals surface area (Å²) in [5.41, 5.74) is 7.49. The Hall–Kier alpha value is -3.22. The maximum atomic E-state index is 11.7. The molecule has 1 N–H and O–H groups in total. The second-order valence-corrected chi connectivity index (χ2v) is 10.3. The van der Waals surface area contributed by atoms with Crippen molar-refractivity contribution in [1.82, 2.24) is 14.5 Å². The maximum absolute atomic E-state index is 11.7. The summed E-state index contributed by atoms with van der Waals surface area (Å²) in [6.45, 7) is 8.29. The lowest BCUT2D eigenvalue weighted by Gasteiger charge is -2.13. The molecular weight excluding hydrogens is 466 g/mol. The van der Waals surface area contributed by atoms with Crippen LogP contribution in [0.2, 0.25) is 5.02 Å². The lowest BCUT2D eigenvalue weighted by molar-refractivity contribution is -0.136. The molecule has 0 bridgehead atoms. The van der Waals surface area contributed by atoms with Crippen LogP contribution in [0.4, 0.5) is 0 Å². The molecule has 3 aromatic carbocycles. The molecule has 0 saturated heterocycles. The van der Waals surface area contributed by atoms with Gasteiger partial charge in [-0.2, -0.15) is 0 Å². The van der Waals surface area contributed by atoms with Crippen molar-refractivity contribution in [1.29, 1.82) is 0 Å². The highest BCUT2D eigenvalue weighted by Gasteiger charge is 2.20. The van der Waals surface area contributed by atoms with Crippen LogP contribution in [0.15, 0.2) is 48.5 Å². The molecule has 7 heteroatoms. The number of hydrogen-bond acceptors (Lipinski definition) is 4. The molecule has 5 aromatic rings. The fourth-order valence-corrected chi connectivity index (χ4v) is 5.92. The zero-order valence-electron chi connectivity index (χ0n) is 19.4. The number of benzene rings is 3. The summed E-state index contributed by atoms with van der Waals surface area (Å²) in [6.07, 6.45) is -0.0508. The Bertz CT molecular complexity index is 1570. The molecule has 0 amide bonds. The van der Waals surface area contributed by atoms with Crippen LogP contribution in [0.5, 0.6) is 0 Å². The first-order valence-electron chi connectivity index (χ1n) is 11.1. The second kappa shape index (κ2) is 8.53. The third-order valence-corrected chi connectivity index (χ3v) is 7.49. The van der Waals surface area contributed by atoms with Crippen LogP contribution in [0.1, 0.15) is 36.8 Å². The lowest BCUT2D eigenvalue weighted by Crippen LogP contribution is -2.04. The first-order chi connectivity index (χ1) is 16.2. The number of carbonyl (C=O) groups is 1. The van der Waals surface area contributed by atoms with Gasteiger partial charge >= 0.3 is 5.97 Å². The number of fused-ring (bicyclic) bond motifs is 2. The zero-order valence-corrected chi connectivity index (χ0v) is 21.0. The van der Waals surface area contributed by atoms with E-state index in [4.69, 9.17) is 21.6 Å². The highest BCUT2D eigenvalue weighted by molar-refractivity contribution is 7.22. The molecule has 2 heterocycles. The van der Waals surface area contributed by atoms with E-state index in [9.17, 15) is 9.90 Å². The topological polar surface area (TPSA) is 68.0 Å². The molecule has 5 nitrogen and oxygen atoms in total. The van der Waals surface area contributed by atoms with Gasteiger partial charge in [-0.15, -0.1) is 11.3 Å². The molecule has 172 valence electrons. The number of aromatic nitrogens is 3. The Labute approximate surface area is 206 Å². The number of halogens is 1. The standard InChI is InChI=1S/C27H24ClN3O2S/c1-14(2)31-16(4)29-21-12-18(7-10-23(21)31)27-30-22-11-15(3)20(13-24(32)33)25(26(22)34-27)17-5-8-19(28)9-6-17/h5-12,14H,13H2,1-4H3,(H,32,33). The zero-order chi connectivity index (χ0) is 24.1. The number of carboxylic acids is 1. The van der Waals surface area contributed by atoms with Gasteiger partial charge in [0, 0.05) is 22.2 Å². The minimum Gasteiger partial charge on any atom is -0.481 e. The molecule has 0 radical (unpaired) electrons. The summed E-state index contributed by atoms with van der Waals surface area (Å²) in [5.74, 6) is 0.134. The van der Waals surface area contributed by atoms with Crippen molar-refractivity contribution in [3.8, 4) is 21.7 Å². The van der Waals surface area contributed by atoms with Gasteiger partial charge in [0.1, 0.15) is 10.8 Å². The Balaban J connectivity index is 1.72. The number of hydrogen-bond donors (Lipinski definition) is 1. The van der Waals surface area contributed by atoms with Crippen LogP contribution in [-0.2, 0) is 11.2 Å². The van der Waals surface area contributed by atoms with E-state index >= 15 is 0 Å². The van der Waals surface area contributed by atoms with Crippen LogP contribution in [-0.4, -0.2) is 25.6 Å². The monoisotopic (exact) mass is 489 g/mol. The molecule has 34 heavy (non-hydrogen) atoms. The van der Waals surface area contributed by atoms with E-state index in [-0.39, 0.29) is 6.42 Å². The molecule has 0 saturated carbocycles. The van der Waals surface area contributed by atoms with Gasteiger partial charge in [-0.3, -0.25) is 4.79 Å². The molecule has 0 aliphatic rings. The van der Waals surface area contributed by atoms with E-state index in [0.717, 1.165) is 59.9 Å². The normalized spacial score (nSPS) is 11.7. The van der Waals surface area contributed by atoms with E-state index in [1.165, 1.54) is 0 Å². The quantitative estimate of drug-likeness (QED) is 0.278. The number of rotatable bonds is 5. The van der Waals surface area contributed by atoms with Crippen molar-refractivity contribution < 1.29 is 9.90 Å². The molecule has 0 spiro atoms. The van der Waals surface area contributed by atoms with E-state index in [2.05, 4.69) is 36.6 Å². The third-order valence-electron chi connectivity index (χ3n) is 6.10. The minimum absolute atomic E-state index is 0.0508. The number of imidazole rings is 1. The lowest BCUT2D eigenvalue weighted by atomic mass is 9.93. The summed E-state index contributed by atoms with van der Waals surface area (Å²) in [5, 5.41) is 11.1. The number of aliphatic carboxylic acids is 1. The first-order valence-corrected chi connectivity index (χ1v) is 12.3. The van der Waals surface area contributed by atoms with Crippen molar-refractivity contribution in [2.24, 2.45) is 0 Å². The van der Waals surface area contributed by atoms with Gasteiger partial charge in [0.25, 0.3) is 0 Å². The van der Waals surface area contributed by atoms with E-state index < -0.39 is 5.97 Å². The average Bonchev–Trinajstić information content (AvgIpc) is 3.34. The predicted molar refractivity (Wildman–Crippen MR) is 140 cm³/mol. The van der Waals surface area contributed by atoms with Crippen molar-refractivity contribution >= 4 is 50.2 Å². The summed E-state index contributed by atoms with van der Waals surface area (Å²) in [7, 11) is 0. The van der Waals surface area contributed by atoms with Gasteiger partial charge in [-0.05, 0) is 80.8 Å². The number of aryl methyl sites for hydroxylation is 2. The van der Waals surface area contributed by atoms with Crippen molar-refractivity contribution in [2.45, 2.75) is 40.2 Å². The SMILES string of the molecule is Cc1cc2nc(-c3ccc4c(c3)nc(C)n4C(C)C)sc2c(-c2ccc(Cl)cc2)c1CC(=O)O. The molecule has 0 atom stereocenters. The van der Waals surface area contributed by atoms with E-state index in [1.54, 1.807) is 11.3 Å². The highest BCUT2D eigenvalue weighted by atomic mass is 35.5. The minimum atomic E-state index is -0.857. The summed E-state index contributed by atoms with van der Waals surface area (Å²) in [4.78, 5) is 21.4. The summed E-state index contributed by atoms with van der Waals surface area (Å²) >= 11 is 7.71. The Kier molecular flexibility index (Phi) is 5.66. The molecule has 0 aliphatic heterocycles. The highest BCUT2D eigenvalue weighted by Crippen LogP contribution is 2.41. The summed E-state index contributed by atoms with van der Waals surface area (Å²) < 4.78 is 3.21. The molecule has 0 aliphatic carbocycles. The fourth-order valence-electron chi connectivity index (χ4n) is 4.66. The Morgan fingerprint density at radius 1 is 1.03 bits per heavy atom. The first kappa shape index (κ1) is 22.6. The number of nitrogens with zero attached hydrogens (tertiary/aromatic N) is 3. The van der Waals surface area contributed by atoms with E-state index in [1.807, 2.05) is 44.2 Å². The van der Waals surface area contributed by atoms with Crippen LogP contribution >= 0.6 is 22.9 Å². The number of thiazole rings is 1. The van der Waals surface area contributed by atoms with Gasteiger partial charge in [0.2, 0.25) is 0 Å². The van der Waals surface area contributed by atoms with Gasteiger partial charge < -0.3 is 9.67 Å². The van der Waals surface area contributed by atoms with Crippen molar-refractivity contribution in [3.63, 3.8) is 0 Å². The molecule has 2 aromatic heterocycles. The van der Waals surface area contributed by atoms with E-state index in [0.29, 0.717) is 11.1 Å². The number of carboxylic acid groups (broad SMARTS) is 1. The van der Waals surface area contributed by atoms with Crippen LogP contribution in [0.3, 0.4) is 0 Å². The fraction of sp³-hybridized carbons (Fsp3) is 0.222. The van der Waals surface area contributed by atoms with Crippen molar-refractivity contribution in [2.75, 3.05) is 0 Å².